The summed E-state index contributed by atoms with van der Waals surface area (Å²) in [5.74, 6) is -0.973. The summed E-state index contributed by atoms with van der Waals surface area (Å²) in [6.45, 7) is 0. The first-order valence-electron chi connectivity index (χ1n) is 6.33. The van der Waals surface area contributed by atoms with Crippen LogP contribution in [-0.2, 0) is 6.42 Å². The fraction of sp³-hybridized carbons (Fsp3) is 0.0625. The quantitative estimate of drug-likeness (QED) is 0.803. The molecule has 4 nitrogen and oxygen atoms in total. The average molecular weight is 299 g/mol. The molecule has 104 valence electrons. The van der Waals surface area contributed by atoms with E-state index in [1.807, 2.05) is 24.3 Å². The van der Waals surface area contributed by atoms with Crippen molar-refractivity contribution < 1.29 is 9.90 Å². The molecule has 21 heavy (non-hydrogen) atoms. The molecule has 0 spiro atoms. The van der Waals surface area contributed by atoms with Gasteiger partial charge in [-0.05, 0) is 41.8 Å². The first-order valence-corrected chi connectivity index (χ1v) is 6.71. The van der Waals surface area contributed by atoms with Crippen LogP contribution in [0.5, 0.6) is 0 Å². The molecule has 0 radical (unpaired) electrons. The van der Waals surface area contributed by atoms with Gasteiger partial charge in [0.15, 0.2) is 0 Å². The molecule has 0 fully saturated rings. The van der Waals surface area contributed by atoms with E-state index in [9.17, 15) is 4.79 Å². The molecule has 3 aromatic rings. The maximum atomic E-state index is 11.0. The van der Waals surface area contributed by atoms with Crippen molar-refractivity contribution in [2.75, 3.05) is 0 Å². The molecule has 0 unspecified atom stereocenters. The first-order chi connectivity index (χ1) is 10.1. The Kier molecular flexibility index (Phi) is 3.54. The second kappa shape index (κ2) is 5.50. The van der Waals surface area contributed by atoms with Gasteiger partial charge in [-0.1, -0.05) is 17.7 Å². The molecule has 0 aliphatic carbocycles. The van der Waals surface area contributed by atoms with E-state index < -0.39 is 5.97 Å². The van der Waals surface area contributed by atoms with Crippen molar-refractivity contribution in [2.24, 2.45) is 0 Å². The molecule has 0 aliphatic rings. The highest BCUT2D eigenvalue weighted by Crippen LogP contribution is 2.20. The number of carbonyl (C=O) groups is 1. The van der Waals surface area contributed by atoms with Gasteiger partial charge in [0, 0.05) is 24.0 Å². The fourth-order valence-electron chi connectivity index (χ4n) is 2.20. The third kappa shape index (κ3) is 3.01. The van der Waals surface area contributed by atoms with Crippen LogP contribution in [0.4, 0.5) is 0 Å². The van der Waals surface area contributed by atoms with Crippen molar-refractivity contribution >= 4 is 28.5 Å². The number of rotatable bonds is 3. The average Bonchev–Trinajstić information content (AvgIpc) is 2.47. The Morgan fingerprint density at radius 1 is 1.10 bits per heavy atom. The third-order valence-corrected chi connectivity index (χ3v) is 3.37. The van der Waals surface area contributed by atoms with Gasteiger partial charge in [0.05, 0.1) is 16.1 Å². The molecule has 2 heterocycles. The van der Waals surface area contributed by atoms with Crippen molar-refractivity contribution in [3.8, 4) is 0 Å². The van der Waals surface area contributed by atoms with E-state index in [2.05, 4.69) is 9.97 Å². The smallest absolute Gasteiger partial charge is 0.337 e. The molecular formula is C16H11ClN2O2. The summed E-state index contributed by atoms with van der Waals surface area (Å²) in [5.41, 5.74) is 2.97. The monoisotopic (exact) mass is 298 g/mol. The number of aromatic nitrogens is 2. The van der Waals surface area contributed by atoms with E-state index in [-0.39, 0.29) is 5.56 Å². The van der Waals surface area contributed by atoms with Crippen LogP contribution in [0.1, 0.15) is 21.5 Å². The number of halogens is 1. The molecular weight excluding hydrogens is 288 g/mol. The maximum absolute atomic E-state index is 11.0. The summed E-state index contributed by atoms with van der Waals surface area (Å²) in [6.07, 6.45) is 5.24. The normalized spacial score (nSPS) is 10.7. The Morgan fingerprint density at radius 2 is 1.95 bits per heavy atom. The lowest BCUT2D eigenvalue weighted by atomic mass is 10.0. The van der Waals surface area contributed by atoms with Gasteiger partial charge in [-0.15, -0.1) is 0 Å². The molecule has 2 aromatic heterocycles. The summed E-state index contributed by atoms with van der Waals surface area (Å²) in [4.78, 5) is 19.2. The van der Waals surface area contributed by atoms with Gasteiger partial charge in [-0.2, -0.15) is 0 Å². The molecule has 0 amide bonds. The zero-order valence-electron chi connectivity index (χ0n) is 11.0. The summed E-state index contributed by atoms with van der Waals surface area (Å²) in [7, 11) is 0. The van der Waals surface area contributed by atoms with Crippen molar-refractivity contribution in [2.45, 2.75) is 6.42 Å². The van der Waals surface area contributed by atoms with E-state index in [0.29, 0.717) is 11.4 Å². The van der Waals surface area contributed by atoms with Crippen LogP contribution >= 0.6 is 11.6 Å². The topological polar surface area (TPSA) is 63.1 Å². The number of fused-ring (bicyclic) bond motifs is 1. The van der Waals surface area contributed by atoms with Gasteiger partial charge in [0.2, 0.25) is 0 Å². The van der Waals surface area contributed by atoms with Crippen molar-refractivity contribution in [1.82, 2.24) is 9.97 Å². The largest absolute Gasteiger partial charge is 0.478 e. The Hall–Kier alpha value is -2.46. The molecule has 0 aliphatic heterocycles. The van der Waals surface area contributed by atoms with Gasteiger partial charge >= 0.3 is 5.97 Å². The van der Waals surface area contributed by atoms with Crippen LogP contribution in [0.3, 0.4) is 0 Å². The van der Waals surface area contributed by atoms with Crippen LogP contribution in [0, 0.1) is 0 Å². The Labute approximate surface area is 126 Å². The van der Waals surface area contributed by atoms with Crippen LogP contribution < -0.4 is 0 Å². The molecule has 0 atom stereocenters. The SMILES string of the molecule is O=C(O)c1cncc(Cc2ccc3ncc(Cl)cc3c2)c1. The highest BCUT2D eigenvalue weighted by Gasteiger charge is 2.06. The zero-order valence-corrected chi connectivity index (χ0v) is 11.7. The van der Waals surface area contributed by atoms with Gasteiger partial charge in [0.25, 0.3) is 0 Å². The molecule has 5 heteroatoms. The zero-order chi connectivity index (χ0) is 14.8. The van der Waals surface area contributed by atoms with Crippen LogP contribution in [0.15, 0.2) is 48.9 Å². The molecule has 0 bridgehead atoms. The standard InChI is InChI=1S/C16H11ClN2O2/c17-14-6-12-4-10(1-2-15(12)19-9-14)3-11-5-13(16(20)21)8-18-7-11/h1-2,4-9H,3H2,(H,20,21). The number of hydrogen-bond acceptors (Lipinski definition) is 3. The summed E-state index contributed by atoms with van der Waals surface area (Å²) < 4.78 is 0. The molecule has 1 aromatic carbocycles. The minimum absolute atomic E-state index is 0.193. The van der Waals surface area contributed by atoms with E-state index in [0.717, 1.165) is 22.0 Å². The maximum Gasteiger partial charge on any atom is 0.337 e. The Balaban J connectivity index is 1.94. The lowest BCUT2D eigenvalue weighted by Crippen LogP contribution is -1.99. The van der Waals surface area contributed by atoms with E-state index >= 15 is 0 Å². The minimum atomic E-state index is -0.973. The predicted octanol–water partition coefficient (Wildman–Crippen LogP) is 3.57. The van der Waals surface area contributed by atoms with Gasteiger partial charge in [-0.25, -0.2) is 4.79 Å². The number of aromatic carboxylic acids is 1. The molecule has 1 N–H and O–H groups in total. The number of pyridine rings is 2. The fourth-order valence-corrected chi connectivity index (χ4v) is 2.37. The number of carboxylic acids is 1. The second-order valence-electron chi connectivity index (χ2n) is 4.74. The summed E-state index contributed by atoms with van der Waals surface area (Å²) >= 11 is 5.95. The van der Waals surface area contributed by atoms with Gasteiger partial charge in [-0.3, -0.25) is 9.97 Å². The Morgan fingerprint density at radius 3 is 2.76 bits per heavy atom. The molecule has 3 rings (SSSR count). The van der Waals surface area contributed by atoms with Crippen LogP contribution in [0.25, 0.3) is 10.9 Å². The van der Waals surface area contributed by atoms with E-state index in [4.69, 9.17) is 16.7 Å². The number of carboxylic acid groups (broad SMARTS) is 1. The Bertz CT molecular complexity index is 833. The number of benzene rings is 1. The summed E-state index contributed by atoms with van der Waals surface area (Å²) in [6, 6.07) is 9.39. The third-order valence-electron chi connectivity index (χ3n) is 3.16. The van der Waals surface area contributed by atoms with Crippen molar-refractivity contribution in [3.05, 3.63) is 70.6 Å². The molecule has 0 saturated carbocycles. The van der Waals surface area contributed by atoms with Gasteiger partial charge in [0.1, 0.15) is 0 Å². The molecule has 0 saturated heterocycles. The summed E-state index contributed by atoms with van der Waals surface area (Å²) in [5, 5.41) is 10.5. The van der Waals surface area contributed by atoms with Gasteiger partial charge < -0.3 is 5.11 Å². The predicted molar refractivity (Wildman–Crippen MR) is 80.8 cm³/mol. The lowest BCUT2D eigenvalue weighted by Gasteiger charge is -2.05. The van der Waals surface area contributed by atoms with Crippen molar-refractivity contribution in [1.29, 1.82) is 0 Å². The highest BCUT2D eigenvalue weighted by atomic mass is 35.5. The van der Waals surface area contributed by atoms with Crippen molar-refractivity contribution in [3.63, 3.8) is 0 Å². The number of hydrogen-bond donors (Lipinski definition) is 1. The van der Waals surface area contributed by atoms with E-state index in [1.165, 1.54) is 6.20 Å². The van der Waals surface area contributed by atoms with Crippen LogP contribution in [-0.4, -0.2) is 21.0 Å². The van der Waals surface area contributed by atoms with Crippen LogP contribution in [0.2, 0.25) is 5.02 Å². The van der Waals surface area contributed by atoms with E-state index in [1.54, 1.807) is 18.5 Å². The minimum Gasteiger partial charge on any atom is -0.478 e. The second-order valence-corrected chi connectivity index (χ2v) is 5.18. The number of nitrogens with zero attached hydrogens (tertiary/aromatic N) is 2. The lowest BCUT2D eigenvalue weighted by molar-refractivity contribution is 0.0696. The highest BCUT2D eigenvalue weighted by molar-refractivity contribution is 6.31. The first kappa shape index (κ1) is 13.5.